The highest BCUT2D eigenvalue weighted by Crippen LogP contribution is 2.19. The van der Waals surface area contributed by atoms with Crippen LogP contribution in [-0.2, 0) is 19.2 Å². The minimum Gasteiger partial charge on any atom is -0.480 e. The van der Waals surface area contributed by atoms with E-state index in [-0.39, 0.29) is 6.54 Å². The maximum atomic E-state index is 12.9. The normalized spacial score (nSPS) is 19.6. The number of rotatable bonds is 11. The van der Waals surface area contributed by atoms with Crippen LogP contribution in [0.5, 0.6) is 0 Å². The topological polar surface area (TPSA) is 188 Å². The fourth-order valence-electron chi connectivity index (χ4n) is 3.05. The number of unbranched alkanes of at least 4 members (excludes halogenated alkanes) is 1. The Hall–Kier alpha value is -2.24. The highest BCUT2D eigenvalue weighted by Gasteiger charge is 2.39. The van der Waals surface area contributed by atoms with Gasteiger partial charge in [0.2, 0.25) is 17.7 Å². The molecule has 11 heteroatoms. The highest BCUT2D eigenvalue weighted by atomic mass is 16.4. The number of amides is 3. The predicted molar refractivity (Wildman–Crippen MR) is 99.9 cm³/mol. The fraction of sp³-hybridized carbons (Fsp3) is 0.765. The Morgan fingerprint density at radius 3 is 2.50 bits per heavy atom. The van der Waals surface area contributed by atoms with Crippen LogP contribution in [-0.4, -0.2) is 82.7 Å². The molecule has 3 amide bonds. The Kier molecular flexibility index (Phi) is 9.83. The summed E-state index contributed by atoms with van der Waals surface area (Å²) in [6, 6.07) is -2.93. The number of hydrogen-bond acceptors (Lipinski definition) is 7. The molecule has 1 fully saturated rings. The summed E-state index contributed by atoms with van der Waals surface area (Å²) in [5, 5.41) is 23.4. The van der Waals surface area contributed by atoms with E-state index < -0.39 is 54.5 Å². The van der Waals surface area contributed by atoms with E-state index in [1.165, 1.54) is 11.8 Å². The number of carboxylic acids is 1. The van der Waals surface area contributed by atoms with Gasteiger partial charge in [-0.25, -0.2) is 0 Å². The van der Waals surface area contributed by atoms with Crippen LogP contribution >= 0.6 is 0 Å². The molecule has 11 nitrogen and oxygen atoms in total. The lowest BCUT2D eigenvalue weighted by Gasteiger charge is -2.30. The lowest BCUT2D eigenvalue weighted by molar-refractivity contribution is -0.144. The number of carbonyl (C=O) groups is 4. The SMILES string of the molecule is CC(O)C(NC(=O)C(N)CCCCN)C(=O)N1CCCC1C(=O)NCC(=O)O. The Morgan fingerprint density at radius 1 is 1.25 bits per heavy atom. The standard InChI is InChI=1S/C17H31N5O6/c1-10(23)14(21-15(26)11(19)5-2-3-7-18)17(28)22-8-4-6-12(22)16(27)20-9-13(24)25/h10-12,14,23H,2-9,18-19H2,1H3,(H,20,27)(H,21,26)(H,24,25). The van der Waals surface area contributed by atoms with Gasteiger partial charge in [0.1, 0.15) is 18.6 Å². The molecular weight excluding hydrogens is 370 g/mol. The highest BCUT2D eigenvalue weighted by molar-refractivity contribution is 5.94. The van der Waals surface area contributed by atoms with Crippen molar-refractivity contribution in [3.8, 4) is 0 Å². The molecule has 0 aromatic carbocycles. The van der Waals surface area contributed by atoms with Crippen LogP contribution in [0.25, 0.3) is 0 Å². The van der Waals surface area contributed by atoms with Gasteiger partial charge < -0.3 is 37.2 Å². The lowest BCUT2D eigenvalue weighted by Crippen LogP contribution is -2.59. The first-order valence-electron chi connectivity index (χ1n) is 9.43. The van der Waals surface area contributed by atoms with E-state index in [9.17, 15) is 24.3 Å². The number of carboxylic acid groups (broad SMARTS) is 1. The Bertz CT molecular complexity index is 570. The van der Waals surface area contributed by atoms with Crippen LogP contribution in [0.15, 0.2) is 0 Å². The molecule has 0 saturated carbocycles. The maximum absolute atomic E-state index is 12.9. The molecule has 160 valence electrons. The first-order valence-corrected chi connectivity index (χ1v) is 9.43. The number of aliphatic hydroxyl groups is 1. The number of nitrogens with zero attached hydrogens (tertiary/aromatic N) is 1. The van der Waals surface area contributed by atoms with Crippen LogP contribution in [0.4, 0.5) is 0 Å². The van der Waals surface area contributed by atoms with Crippen LogP contribution in [0.3, 0.4) is 0 Å². The molecule has 8 N–H and O–H groups in total. The summed E-state index contributed by atoms with van der Waals surface area (Å²) in [7, 11) is 0. The third kappa shape index (κ3) is 7.06. The van der Waals surface area contributed by atoms with E-state index >= 15 is 0 Å². The summed E-state index contributed by atoms with van der Waals surface area (Å²) in [6.45, 7) is 1.57. The maximum Gasteiger partial charge on any atom is 0.322 e. The van der Waals surface area contributed by atoms with Crippen molar-refractivity contribution >= 4 is 23.7 Å². The number of hydrogen-bond donors (Lipinski definition) is 6. The van der Waals surface area contributed by atoms with Crippen molar-refractivity contribution in [1.82, 2.24) is 15.5 Å². The van der Waals surface area contributed by atoms with Gasteiger partial charge in [-0.2, -0.15) is 0 Å². The van der Waals surface area contributed by atoms with Crippen molar-refractivity contribution in [2.75, 3.05) is 19.6 Å². The quantitative estimate of drug-likeness (QED) is 0.205. The summed E-state index contributed by atoms with van der Waals surface area (Å²) in [6.07, 6.45) is 1.51. The van der Waals surface area contributed by atoms with E-state index in [4.69, 9.17) is 16.6 Å². The van der Waals surface area contributed by atoms with Gasteiger partial charge in [-0.3, -0.25) is 19.2 Å². The second-order valence-electron chi connectivity index (χ2n) is 6.92. The molecule has 1 rings (SSSR count). The predicted octanol–water partition coefficient (Wildman–Crippen LogP) is -2.50. The second kappa shape index (κ2) is 11.6. The number of carbonyl (C=O) groups excluding carboxylic acids is 3. The van der Waals surface area contributed by atoms with Gasteiger partial charge in [0.15, 0.2) is 0 Å². The molecule has 1 saturated heterocycles. The molecule has 0 spiro atoms. The van der Waals surface area contributed by atoms with E-state index in [1.54, 1.807) is 0 Å². The number of aliphatic hydroxyl groups excluding tert-OH is 1. The fourth-order valence-corrected chi connectivity index (χ4v) is 3.05. The molecule has 1 aliphatic heterocycles. The molecule has 0 aromatic rings. The summed E-state index contributed by atoms with van der Waals surface area (Å²) >= 11 is 0. The largest absolute Gasteiger partial charge is 0.480 e. The van der Waals surface area contributed by atoms with E-state index in [0.29, 0.717) is 32.2 Å². The van der Waals surface area contributed by atoms with Crippen molar-refractivity contribution in [3.63, 3.8) is 0 Å². The van der Waals surface area contributed by atoms with Crippen molar-refractivity contribution in [2.24, 2.45) is 11.5 Å². The van der Waals surface area contributed by atoms with Crippen molar-refractivity contribution in [2.45, 2.75) is 63.3 Å². The van der Waals surface area contributed by atoms with Crippen LogP contribution in [0.2, 0.25) is 0 Å². The van der Waals surface area contributed by atoms with Crippen molar-refractivity contribution in [3.05, 3.63) is 0 Å². The molecule has 28 heavy (non-hydrogen) atoms. The van der Waals surface area contributed by atoms with Crippen molar-refractivity contribution < 1.29 is 29.4 Å². The Balaban J connectivity index is 2.75. The number of aliphatic carboxylic acids is 1. The third-order valence-corrected chi connectivity index (χ3v) is 4.60. The third-order valence-electron chi connectivity index (χ3n) is 4.60. The number of likely N-dealkylation sites (tertiary alicyclic amines) is 1. The average molecular weight is 401 g/mol. The summed E-state index contributed by atoms with van der Waals surface area (Å²) in [5.41, 5.74) is 11.2. The first-order chi connectivity index (χ1) is 13.2. The van der Waals surface area contributed by atoms with Crippen LogP contribution < -0.4 is 22.1 Å². The monoisotopic (exact) mass is 401 g/mol. The zero-order valence-corrected chi connectivity index (χ0v) is 16.1. The van der Waals surface area contributed by atoms with Crippen LogP contribution in [0, 0.1) is 0 Å². The Morgan fingerprint density at radius 2 is 1.93 bits per heavy atom. The molecule has 4 unspecified atom stereocenters. The van der Waals surface area contributed by atoms with Gasteiger partial charge in [0.05, 0.1) is 12.1 Å². The molecule has 0 aromatic heterocycles. The zero-order valence-electron chi connectivity index (χ0n) is 16.1. The molecule has 1 aliphatic rings. The molecule has 0 radical (unpaired) electrons. The van der Waals surface area contributed by atoms with Gasteiger partial charge >= 0.3 is 5.97 Å². The van der Waals surface area contributed by atoms with Crippen LogP contribution in [0.1, 0.15) is 39.0 Å². The van der Waals surface area contributed by atoms with E-state index in [0.717, 1.165) is 6.42 Å². The minimum absolute atomic E-state index is 0.269. The molecule has 0 aliphatic carbocycles. The second-order valence-corrected chi connectivity index (χ2v) is 6.92. The summed E-state index contributed by atoms with van der Waals surface area (Å²) in [5.74, 6) is -2.95. The molecular formula is C17H31N5O6. The van der Waals surface area contributed by atoms with E-state index in [2.05, 4.69) is 10.6 Å². The first kappa shape index (κ1) is 23.8. The number of nitrogens with two attached hydrogens (primary N) is 2. The average Bonchev–Trinajstić information content (AvgIpc) is 3.13. The smallest absolute Gasteiger partial charge is 0.322 e. The van der Waals surface area contributed by atoms with E-state index in [1.807, 2.05) is 0 Å². The van der Waals surface area contributed by atoms with Gasteiger partial charge in [0.25, 0.3) is 0 Å². The molecule has 0 bridgehead atoms. The molecule has 1 heterocycles. The zero-order chi connectivity index (χ0) is 21.3. The summed E-state index contributed by atoms with van der Waals surface area (Å²) in [4.78, 5) is 49.2. The lowest BCUT2D eigenvalue weighted by atomic mass is 10.1. The Labute approximate surface area is 163 Å². The number of nitrogens with one attached hydrogen (secondary N) is 2. The minimum atomic E-state index is -1.25. The molecule has 4 atom stereocenters. The van der Waals surface area contributed by atoms with Crippen molar-refractivity contribution in [1.29, 1.82) is 0 Å². The summed E-state index contributed by atoms with van der Waals surface area (Å²) < 4.78 is 0. The van der Waals surface area contributed by atoms with Gasteiger partial charge in [0, 0.05) is 6.54 Å². The van der Waals surface area contributed by atoms with Gasteiger partial charge in [-0.1, -0.05) is 6.42 Å². The van der Waals surface area contributed by atoms with Gasteiger partial charge in [-0.05, 0) is 39.2 Å². The van der Waals surface area contributed by atoms with Gasteiger partial charge in [-0.15, -0.1) is 0 Å².